The Bertz CT molecular complexity index is 6650. The van der Waals surface area contributed by atoms with Gasteiger partial charge in [-0.3, -0.25) is 0 Å². The third kappa shape index (κ3) is 13.9. The molecule has 119 heavy (non-hydrogen) atoms. The SMILES string of the molecule is C=Cc1ccc(Cn2c3ccccc3c3ccc(N(c4ccc(N(c5ccccc5)c5ccccc5)cc4)c4ccc(N(c5ccc(N(c6ccc(N(c7ccccc7)c7ccccc7)cc6)c6ccc7c8ccccc8n(Cc8ccc(C=C)cc8)c7c6)cc5)c5ccc6c7ccccc7n(Cc7ccc(C=C)cc7)c6c5)cc4)cc32)cc1. The molecule has 0 aliphatic heterocycles. The van der Waals surface area contributed by atoms with Crippen LogP contribution < -0.4 is 24.5 Å². The summed E-state index contributed by atoms with van der Waals surface area (Å²) in [4.78, 5) is 11.9. The summed E-state index contributed by atoms with van der Waals surface area (Å²) in [5.74, 6) is 0. The Morgan fingerprint density at radius 2 is 0.345 bits per heavy atom. The van der Waals surface area contributed by atoms with E-state index in [1.54, 1.807) is 0 Å². The van der Waals surface area contributed by atoms with Gasteiger partial charge in [0, 0.05) is 154 Å². The zero-order valence-corrected chi connectivity index (χ0v) is 65.9. The number of hydrogen-bond acceptors (Lipinski definition) is 5. The lowest BCUT2D eigenvalue weighted by atomic mass is 10.1. The summed E-state index contributed by atoms with van der Waals surface area (Å²) in [5.41, 5.74) is 29.4. The highest BCUT2D eigenvalue weighted by atomic mass is 15.2. The number of aromatic nitrogens is 3. The molecule has 0 fully saturated rings. The molecule has 17 aromatic carbocycles. The maximum Gasteiger partial charge on any atom is 0.0515 e. The first kappa shape index (κ1) is 72.3. The van der Waals surface area contributed by atoms with E-state index in [2.05, 4.69) is 477 Å². The molecule has 3 heterocycles. The largest absolute Gasteiger partial charge is 0.336 e. The van der Waals surface area contributed by atoms with E-state index >= 15 is 0 Å². The molecule has 3 aromatic heterocycles. The van der Waals surface area contributed by atoms with Gasteiger partial charge in [-0.2, -0.15) is 0 Å². The average Bonchev–Trinajstić information content (AvgIpc) is 1.71. The first-order valence-electron chi connectivity index (χ1n) is 40.6. The standard InChI is InChI=1S/C111H84N8/c1-4-79-39-45-82(46-40-79)76-112-106-36-22-19-33-100(106)103-70-67-97(73-109(103)112)117(91-55-51-89(52-56-91)115(85-25-11-7-12-26-85)86-27-13-8-14-28-86)93-59-63-95(64-60-93)119(99-69-72-105-102-35-21-24-38-108(102)114(111(105)75-99)78-84-49-43-81(6-3)44-50-84)96-65-61-94(62-66-96)118(92-57-53-90(54-58-92)116(87-29-15-9-16-30-87)88-31-17-10-18-32-88)98-68-71-104-101-34-20-23-37-107(101)113(110(104)74-98)77-83-47-41-80(5-2)42-48-83/h4-75H,1-3,76-78H2. The highest BCUT2D eigenvalue weighted by Gasteiger charge is 2.25. The van der Waals surface area contributed by atoms with Crippen molar-refractivity contribution in [3.05, 3.63) is 472 Å². The lowest BCUT2D eigenvalue weighted by Crippen LogP contribution is -2.14. The Labute approximate surface area is 694 Å². The molecule has 0 radical (unpaired) electrons. The Morgan fingerprint density at radius 1 is 0.168 bits per heavy atom. The summed E-state index contributed by atoms with van der Waals surface area (Å²) < 4.78 is 7.43. The molecular formula is C111H84N8. The minimum absolute atomic E-state index is 0.680. The first-order chi connectivity index (χ1) is 58.8. The van der Waals surface area contributed by atoms with Crippen LogP contribution in [0.4, 0.5) is 85.3 Å². The Balaban J connectivity index is 0.750. The molecule has 20 rings (SSSR count). The van der Waals surface area contributed by atoms with E-state index in [4.69, 9.17) is 0 Å². The van der Waals surface area contributed by atoms with Crippen molar-refractivity contribution in [1.82, 2.24) is 13.7 Å². The number of rotatable bonds is 24. The van der Waals surface area contributed by atoms with E-state index < -0.39 is 0 Å². The lowest BCUT2D eigenvalue weighted by Gasteiger charge is -2.30. The van der Waals surface area contributed by atoms with Crippen LogP contribution in [0.1, 0.15) is 33.4 Å². The van der Waals surface area contributed by atoms with Crippen molar-refractivity contribution < 1.29 is 0 Å². The van der Waals surface area contributed by atoms with Crippen molar-refractivity contribution in [2.24, 2.45) is 0 Å². The molecule has 0 saturated carbocycles. The Hall–Kier alpha value is -15.6. The summed E-state index contributed by atoms with van der Waals surface area (Å²) in [6, 6.07) is 153. The van der Waals surface area contributed by atoms with Gasteiger partial charge in [-0.1, -0.05) is 256 Å². The molecule has 0 N–H and O–H groups in total. The van der Waals surface area contributed by atoms with Crippen molar-refractivity contribution in [2.75, 3.05) is 24.5 Å². The number of benzene rings is 17. The maximum atomic E-state index is 4.07. The molecule has 20 aromatic rings. The van der Waals surface area contributed by atoms with E-state index in [-0.39, 0.29) is 0 Å². The van der Waals surface area contributed by atoms with Crippen molar-refractivity contribution >= 4 is 169 Å². The van der Waals surface area contributed by atoms with Gasteiger partial charge in [0.05, 0.1) is 16.6 Å². The molecule has 0 amide bonds. The van der Waals surface area contributed by atoms with Gasteiger partial charge in [-0.05, 0) is 234 Å². The van der Waals surface area contributed by atoms with Crippen LogP contribution in [0, 0.1) is 0 Å². The summed E-state index contributed by atoms with van der Waals surface area (Å²) in [6.07, 6.45) is 5.72. The van der Waals surface area contributed by atoms with Crippen molar-refractivity contribution in [3.63, 3.8) is 0 Å². The number of nitrogens with zero attached hydrogens (tertiary/aromatic N) is 8. The molecule has 0 unspecified atom stereocenters. The highest BCUT2D eigenvalue weighted by molar-refractivity contribution is 6.12. The first-order valence-corrected chi connectivity index (χ1v) is 40.6. The molecule has 8 nitrogen and oxygen atoms in total. The van der Waals surface area contributed by atoms with E-state index in [1.807, 2.05) is 18.2 Å². The Morgan fingerprint density at radius 3 is 0.563 bits per heavy atom. The number of para-hydroxylation sites is 7. The van der Waals surface area contributed by atoms with Gasteiger partial charge in [-0.15, -0.1) is 0 Å². The minimum Gasteiger partial charge on any atom is -0.336 e. The second-order valence-electron chi connectivity index (χ2n) is 30.3. The second kappa shape index (κ2) is 31.6. The zero-order valence-electron chi connectivity index (χ0n) is 65.9. The smallest absolute Gasteiger partial charge is 0.0515 e. The van der Waals surface area contributed by atoms with Crippen molar-refractivity contribution in [1.29, 1.82) is 0 Å². The maximum absolute atomic E-state index is 4.07. The Kier molecular flexibility index (Phi) is 19.2. The lowest BCUT2D eigenvalue weighted by molar-refractivity contribution is 0.869. The fourth-order valence-electron chi connectivity index (χ4n) is 17.4. The zero-order chi connectivity index (χ0) is 79.7. The van der Waals surface area contributed by atoms with Gasteiger partial charge in [0.2, 0.25) is 0 Å². The van der Waals surface area contributed by atoms with Gasteiger partial charge in [0.25, 0.3) is 0 Å². The van der Waals surface area contributed by atoms with Gasteiger partial charge in [0.15, 0.2) is 0 Å². The number of anilines is 15. The molecular weight excluding hydrogens is 1450 g/mol. The molecule has 0 bridgehead atoms. The van der Waals surface area contributed by atoms with Crippen LogP contribution in [0.2, 0.25) is 0 Å². The van der Waals surface area contributed by atoms with E-state index in [0.717, 1.165) is 119 Å². The predicted molar refractivity (Wildman–Crippen MR) is 506 cm³/mol. The fraction of sp³-hybridized carbons (Fsp3) is 0.0270. The fourth-order valence-corrected chi connectivity index (χ4v) is 17.4. The summed E-state index contributed by atoms with van der Waals surface area (Å²) in [7, 11) is 0. The molecule has 8 heteroatoms. The highest BCUT2D eigenvalue weighted by Crippen LogP contribution is 2.48. The van der Waals surface area contributed by atoms with E-state index in [1.165, 1.54) is 65.6 Å². The summed E-state index contributed by atoms with van der Waals surface area (Å²) in [5, 5.41) is 7.23. The molecule has 0 aliphatic rings. The van der Waals surface area contributed by atoms with Gasteiger partial charge in [-0.25, -0.2) is 0 Å². The van der Waals surface area contributed by atoms with E-state index in [9.17, 15) is 0 Å². The quantitative estimate of drug-likeness (QED) is 0.0602. The molecule has 0 aliphatic carbocycles. The van der Waals surface area contributed by atoms with Gasteiger partial charge >= 0.3 is 0 Å². The third-order valence-corrected chi connectivity index (χ3v) is 23.2. The van der Waals surface area contributed by atoms with Crippen LogP contribution in [0.3, 0.4) is 0 Å². The number of hydrogen-bond donors (Lipinski definition) is 0. The normalized spacial score (nSPS) is 11.4. The molecule has 568 valence electrons. The monoisotopic (exact) mass is 1530 g/mol. The van der Waals surface area contributed by atoms with Crippen molar-refractivity contribution in [2.45, 2.75) is 19.6 Å². The molecule has 0 spiro atoms. The van der Waals surface area contributed by atoms with Crippen LogP contribution in [-0.2, 0) is 19.6 Å². The predicted octanol–water partition coefficient (Wildman–Crippen LogP) is 30.4. The van der Waals surface area contributed by atoms with Crippen LogP contribution in [0.25, 0.3) is 83.6 Å². The average molecular weight is 1530 g/mol. The third-order valence-electron chi connectivity index (χ3n) is 23.2. The molecule has 0 saturated heterocycles. The van der Waals surface area contributed by atoms with Gasteiger partial charge in [0.1, 0.15) is 0 Å². The van der Waals surface area contributed by atoms with Gasteiger partial charge < -0.3 is 38.2 Å². The summed E-state index contributed by atoms with van der Waals surface area (Å²) >= 11 is 0. The van der Waals surface area contributed by atoms with Crippen LogP contribution in [0.5, 0.6) is 0 Å². The topological polar surface area (TPSA) is 31.0 Å². The van der Waals surface area contributed by atoms with E-state index in [0.29, 0.717) is 19.6 Å². The van der Waals surface area contributed by atoms with Crippen molar-refractivity contribution in [3.8, 4) is 0 Å². The summed E-state index contributed by atoms with van der Waals surface area (Å²) in [6.45, 7) is 14.3. The number of fused-ring (bicyclic) bond motifs is 9. The second-order valence-corrected chi connectivity index (χ2v) is 30.3. The van der Waals surface area contributed by atoms with Crippen LogP contribution in [0.15, 0.2) is 438 Å². The minimum atomic E-state index is 0.680. The van der Waals surface area contributed by atoms with Crippen LogP contribution >= 0.6 is 0 Å². The van der Waals surface area contributed by atoms with Crippen LogP contribution in [-0.4, -0.2) is 13.7 Å². The molecule has 0 atom stereocenters.